The number of piperidine rings is 1. The van der Waals surface area contributed by atoms with Crippen LogP contribution in [-0.4, -0.2) is 24.5 Å². The minimum atomic E-state index is 0.146. The third-order valence-electron chi connectivity index (χ3n) is 4.95. The fourth-order valence-electron chi connectivity index (χ4n) is 3.53. The maximum atomic E-state index is 3.56. The van der Waals surface area contributed by atoms with E-state index in [4.69, 9.17) is 0 Å². The van der Waals surface area contributed by atoms with E-state index in [1.807, 2.05) is 0 Å². The molecule has 0 saturated carbocycles. The maximum absolute atomic E-state index is 3.56. The molecule has 3 rings (SSSR count). The normalized spacial score (nSPS) is 18.3. The summed E-state index contributed by atoms with van der Waals surface area (Å²) in [5.74, 6) is 0. The third-order valence-corrected chi connectivity index (χ3v) is 6.01. The number of benzene rings is 2. The zero-order chi connectivity index (χ0) is 15.6. The summed E-state index contributed by atoms with van der Waals surface area (Å²) in [4.78, 5) is 2.55. The average molecular weight is 423 g/mol. The van der Waals surface area contributed by atoms with Crippen LogP contribution in [0.5, 0.6) is 0 Å². The van der Waals surface area contributed by atoms with Gasteiger partial charge in [-0.15, -0.1) is 0 Å². The van der Waals surface area contributed by atoms with Gasteiger partial charge in [0.25, 0.3) is 0 Å². The van der Waals surface area contributed by atoms with E-state index in [9.17, 15) is 0 Å². The molecule has 0 aromatic heterocycles. The van der Waals surface area contributed by atoms with Crippen LogP contribution in [-0.2, 0) is 5.41 Å². The topological polar surface area (TPSA) is 3.24 Å². The zero-order valence-corrected chi connectivity index (χ0v) is 16.0. The molecule has 3 heteroatoms. The molecular weight excluding hydrogens is 402 g/mol. The number of likely N-dealkylation sites (tertiary alicyclic amines) is 1. The van der Waals surface area contributed by atoms with Crippen LogP contribution >= 0.6 is 31.9 Å². The zero-order valence-electron chi connectivity index (χ0n) is 12.9. The van der Waals surface area contributed by atoms with Gasteiger partial charge in [0.05, 0.1) is 0 Å². The average Bonchev–Trinajstić information content (AvgIpc) is 2.56. The van der Waals surface area contributed by atoms with Crippen LogP contribution in [0.1, 0.15) is 30.9 Å². The van der Waals surface area contributed by atoms with Gasteiger partial charge in [-0.1, -0.05) is 63.0 Å². The Morgan fingerprint density at radius 3 is 1.59 bits per heavy atom. The molecule has 0 aliphatic carbocycles. The first-order valence-electron chi connectivity index (χ1n) is 7.88. The van der Waals surface area contributed by atoms with Crippen LogP contribution in [0.25, 0.3) is 0 Å². The van der Waals surface area contributed by atoms with Gasteiger partial charge in [0, 0.05) is 14.4 Å². The molecule has 0 unspecified atom stereocenters. The van der Waals surface area contributed by atoms with Gasteiger partial charge in [-0.2, -0.15) is 0 Å². The number of nitrogens with zero attached hydrogens (tertiary/aromatic N) is 1. The Balaban J connectivity index is 2.02. The summed E-state index contributed by atoms with van der Waals surface area (Å²) in [6, 6.07) is 17.8. The molecule has 1 saturated heterocycles. The lowest BCUT2D eigenvalue weighted by Gasteiger charge is -2.42. The molecule has 1 nitrogen and oxygen atoms in total. The van der Waals surface area contributed by atoms with Crippen molar-refractivity contribution in [3.05, 3.63) is 68.6 Å². The Morgan fingerprint density at radius 1 is 0.818 bits per heavy atom. The first-order valence-corrected chi connectivity index (χ1v) is 9.47. The largest absolute Gasteiger partial charge is 0.304 e. The fourth-order valence-corrected chi connectivity index (χ4v) is 4.06. The van der Waals surface area contributed by atoms with Gasteiger partial charge in [-0.25, -0.2) is 0 Å². The van der Waals surface area contributed by atoms with E-state index in [-0.39, 0.29) is 5.41 Å². The van der Waals surface area contributed by atoms with Crippen LogP contribution in [0.3, 0.4) is 0 Å². The van der Waals surface area contributed by atoms with E-state index < -0.39 is 0 Å². The number of halogens is 2. The van der Waals surface area contributed by atoms with E-state index in [0.717, 1.165) is 15.5 Å². The Morgan fingerprint density at radius 2 is 1.23 bits per heavy atom. The standard InChI is InChI=1S/C19H21Br2N/c1-2-22-13-11-19(12-14-22,15-3-7-17(20)8-4-15)16-5-9-18(21)10-6-16/h3-10H,2,11-14H2,1H3. The minimum Gasteiger partial charge on any atom is -0.304 e. The van der Waals surface area contributed by atoms with Crippen molar-refractivity contribution in [2.24, 2.45) is 0 Å². The van der Waals surface area contributed by atoms with Crippen LogP contribution in [0.4, 0.5) is 0 Å². The van der Waals surface area contributed by atoms with Crippen molar-refractivity contribution < 1.29 is 0 Å². The van der Waals surface area contributed by atoms with Gasteiger partial charge in [0.1, 0.15) is 0 Å². The SMILES string of the molecule is CCN1CCC(c2ccc(Br)cc2)(c2ccc(Br)cc2)CC1. The molecule has 1 fully saturated rings. The Bertz CT molecular complexity index is 563. The van der Waals surface area contributed by atoms with Crippen molar-refractivity contribution in [2.45, 2.75) is 25.2 Å². The van der Waals surface area contributed by atoms with Gasteiger partial charge in [-0.3, -0.25) is 0 Å². The molecule has 1 aliphatic rings. The first-order chi connectivity index (χ1) is 10.6. The molecule has 22 heavy (non-hydrogen) atoms. The van der Waals surface area contributed by atoms with Gasteiger partial charge >= 0.3 is 0 Å². The van der Waals surface area contributed by atoms with Crippen molar-refractivity contribution >= 4 is 31.9 Å². The number of hydrogen-bond acceptors (Lipinski definition) is 1. The van der Waals surface area contributed by atoms with E-state index >= 15 is 0 Å². The van der Waals surface area contributed by atoms with Crippen molar-refractivity contribution in [3.63, 3.8) is 0 Å². The molecule has 2 aromatic rings. The second-order valence-corrected chi connectivity index (χ2v) is 7.86. The van der Waals surface area contributed by atoms with Crippen LogP contribution < -0.4 is 0 Å². The molecule has 116 valence electrons. The molecule has 0 N–H and O–H groups in total. The van der Waals surface area contributed by atoms with E-state index in [0.29, 0.717) is 0 Å². The first kappa shape index (κ1) is 16.2. The fraction of sp³-hybridized carbons (Fsp3) is 0.368. The summed E-state index contributed by atoms with van der Waals surface area (Å²) in [6.45, 7) is 5.74. The van der Waals surface area contributed by atoms with Gasteiger partial charge in [0.15, 0.2) is 0 Å². The van der Waals surface area contributed by atoms with Gasteiger partial charge in [0.2, 0.25) is 0 Å². The Hall–Kier alpha value is -0.640. The number of rotatable bonds is 3. The highest BCUT2D eigenvalue weighted by Gasteiger charge is 2.37. The second-order valence-electron chi connectivity index (χ2n) is 6.03. The van der Waals surface area contributed by atoms with Crippen LogP contribution in [0, 0.1) is 0 Å². The van der Waals surface area contributed by atoms with Gasteiger partial charge in [-0.05, 0) is 67.9 Å². The van der Waals surface area contributed by atoms with Crippen molar-refractivity contribution in [1.82, 2.24) is 4.90 Å². The summed E-state index contributed by atoms with van der Waals surface area (Å²) >= 11 is 7.12. The summed E-state index contributed by atoms with van der Waals surface area (Å²) in [5, 5.41) is 0. The minimum absolute atomic E-state index is 0.146. The quantitative estimate of drug-likeness (QED) is 0.620. The van der Waals surface area contributed by atoms with Crippen LogP contribution in [0.2, 0.25) is 0 Å². The summed E-state index contributed by atoms with van der Waals surface area (Å²) in [6.07, 6.45) is 2.37. The summed E-state index contributed by atoms with van der Waals surface area (Å²) in [5.41, 5.74) is 3.02. The maximum Gasteiger partial charge on any atom is 0.0227 e. The molecular formula is C19H21Br2N. The molecule has 1 aliphatic heterocycles. The lowest BCUT2D eigenvalue weighted by molar-refractivity contribution is 0.187. The van der Waals surface area contributed by atoms with E-state index in [1.165, 1.54) is 37.1 Å². The monoisotopic (exact) mass is 421 g/mol. The lowest BCUT2D eigenvalue weighted by Crippen LogP contribution is -2.43. The molecule has 0 atom stereocenters. The van der Waals surface area contributed by atoms with Crippen LogP contribution in [0.15, 0.2) is 57.5 Å². The van der Waals surface area contributed by atoms with E-state index in [2.05, 4.69) is 92.2 Å². The molecule has 0 bridgehead atoms. The highest BCUT2D eigenvalue weighted by molar-refractivity contribution is 9.10. The van der Waals surface area contributed by atoms with Crippen molar-refractivity contribution in [1.29, 1.82) is 0 Å². The van der Waals surface area contributed by atoms with Crippen molar-refractivity contribution in [3.8, 4) is 0 Å². The Labute approximate surface area is 150 Å². The molecule has 0 spiro atoms. The predicted molar refractivity (Wildman–Crippen MR) is 100 cm³/mol. The summed E-state index contributed by atoms with van der Waals surface area (Å²) < 4.78 is 2.29. The molecule has 1 heterocycles. The molecule has 0 amide bonds. The van der Waals surface area contributed by atoms with Gasteiger partial charge < -0.3 is 4.90 Å². The smallest absolute Gasteiger partial charge is 0.0227 e. The molecule has 2 aromatic carbocycles. The van der Waals surface area contributed by atoms with E-state index in [1.54, 1.807) is 0 Å². The lowest BCUT2D eigenvalue weighted by atomic mass is 9.68. The highest BCUT2D eigenvalue weighted by atomic mass is 79.9. The highest BCUT2D eigenvalue weighted by Crippen LogP contribution is 2.42. The number of hydrogen-bond donors (Lipinski definition) is 0. The summed E-state index contributed by atoms with van der Waals surface area (Å²) in [7, 11) is 0. The predicted octanol–water partition coefficient (Wildman–Crippen LogP) is 5.61. The molecule has 0 radical (unpaired) electrons. The second kappa shape index (κ2) is 6.86. The van der Waals surface area contributed by atoms with Crippen molar-refractivity contribution in [2.75, 3.05) is 19.6 Å². The third kappa shape index (κ3) is 3.17. The Kier molecular flexibility index (Phi) is 5.06.